The number of pyridine rings is 2. The molecule has 0 aromatic carbocycles. The number of primary amides is 1. The van der Waals surface area contributed by atoms with E-state index in [4.69, 9.17) is 10.5 Å². The van der Waals surface area contributed by atoms with Crippen molar-refractivity contribution in [1.82, 2.24) is 19.7 Å². The molecule has 1 fully saturated rings. The molecule has 0 unspecified atom stereocenters. The van der Waals surface area contributed by atoms with Crippen molar-refractivity contribution in [3.63, 3.8) is 0 Å². The lowest BCUT2D eigenvalue weighted by Crippen LogP contribution is -2.29. The molecule has 3 heterocycles. The fraction of sp³-hybridized carbons (Fsp3) is 0.368. The van der Waals surface area contributed by atoms with E-state index in [2.05, 4.69) is 20.4 Å². The van der Waals surface area contributed by atoms with Gasteiger partial charge in [0.15, 0.2) is 0 Å². The first-order valence-corrected chi connectivity index (χ1v) is 8.89. The van der Waals surface area contributed by atoms with Gasteiger partial charge in [0.05, 0.1) is 30.0 Å². The van der Waals surface area contributed by atoms with Gasteiger partial charge < -0.3 is 15.8 Å². The number of methoxy groups -OCH3 is 1. The molecule has 8 nitrogen and oxygen atoms in total. The number of nitrogens with zero attached hydrogens (tertiary/aromatic N) is 4. The van der Waals surface area contributed by atoms with E-state index in [0.29, 0.717) is 13.2 Å². The second kappa shape index (κ2) is 6.62. The minimum absolute atomic E-state index is 0.317. The maximum absolute atomic E-state index is 11.9. The zero-order valence-corrected chi connectivity index (χ0v) is 15.4. The van der Waals surface area contributed by atoms with Crippen molar-refractivity contribution in [3.8, 4) is 11.3 Å². The van der Waals surface area contributed by atoms with Gasteiger partial charge in [0.25, 0.3) is 0 Å². The number of aromatic nitrogens is 4. The number of nitrogens with two attached hydrogens (primary N) is 1. The molecule has 3 N–H and O–H groups in total. The summed E-state index contributed by atoms with van der Waals surface area (Å²) in [7, 11) is 3.49. The van der Waals surface area contributed by atoms with Crippen molar-refractivity contribution in [2.24, 2.45) is 5.73 Å². The summed E-state index contributed by atoms with van der Waals surface area (Å²) < 4.78 is 6.95. The van der Waals surface area contributed by atoms with Gasteiger partial charge in [-0.15, -0.1) is 0 Å². The van der Waals surface area contributed by atoms with Gasteiger partial charge in [-0.25, -0.2) is 4.98 Å². The number of amides is 1. The Balaban J connectivity index is 1.85. The Kier molecular flexibility index (Phi) is 4.27. The van der Waals surface area contributed by atoms with E-state index in [1.54, 1.807) is 19.5 Å². The third kappa shape index (κ3) is 2.91. The topological polar surface area (TPSA) is 108 Å². The van der Waals surface area contributed by atoms with Crippen molar-refractivity contribution >= 4 is 22.5 Å². The normalized spacial score (nSPS) is 15.0. The summed E-state index contributed by atoms with van der Waals surface area (Å²) in [6.45, 7) is 1.27. The second-order valence-corrected chi connectivity index (χ2v) is 6.79. The van der Waals surface area contributed by atoms with Crippen molar-refractivity contribution in [2.45, 2.75) is 24.8 Å². The van der Waals surface area contributed by atoms with Crippen LogP contribution in [-0.2, 0) is 21.5 Å². The number of ether oxygens (including phenoxy) is 1. The minimum atomic E-state index is -0.633. The zero-order chi connectivity index (χ0) is 19.0. The molecule has 1 saturated carbocycles. The molecular weight excluding hydrogens is 344 g/mol. The fourth-order valence-electron chi connectivity index (χ4n) is 3.37. The van der Waals surface area contributed by atoms with Crippen LogP contribution < -0.4 is 11.1 Å². The standard InChI is InChI=1S/C19H22N6O2/c1-21-17-14-11-22-16(19(4-5-19)18(20)26)9-12(14)13(10-23-17)15-3-6-25(24-15)7-8-27-2/h3,6,9-11H,4-5,7-8H2,1-2H3,(H2,20,26)(H,21,23). The van der Waals surface area contributed by atoms with Gasteiger partial charge in [-0.1, -0.05) is 0 Å². The molecule has 0 radical (unpaired) electrons. The molecule has 140 valence electrons. The molecule has 0 aliphatic heterocycles. The number of carbonyl (C=O) groups excluding carboxylic acids is 1. The Hall–Kier alpha value is -3.00. The van der Waals surface area contributed by atoms with Gasteiger partial charge in [0, 0.05) is 43.7 Å². The Morgan fingerprint density at radius 1 is 1.33 bits per heavy atom. The van der Waals surface area contributed by atoms with Crippen LogP contribution in [-0.4, -0.2) is 46.4 Å². The number of fused-ring (bicyclic) bond motifs is 1. The predicted molar refractivity (Wildman–Crippen MR) is 102 cm³/mol. The number of nitrogens with one attached hydrogen (secondary N) is 1. The summed E-state index contributed by atoms with van der Waals surface area (Å²) >= 11 is 0. The average Bonchev–Trinajstić information content (AvgIpc) is 3.38. The highest BCUT2D eigenvalue weighted by Crippen LogP contribution is 2.48. The molecule has 3 aromatic rings. The van der Waals surface area contributed by atoms with Crippen molar-refractivity contribution < 1.29 is 9.53 Å². The lowest BCUT2D eigenvalue weighted by Gasteiger charge is -2.14. The maximum Gasteiger partial charge on any atom is 0.229 e. The van der Waals surface area contributed by atoms with Gasteiger partial charge in [-0.05, 0) is 30.4 Å². The highest BCUT2D eigenvalue weighted by molar-refractivity contribution is 6.01. The van der Waals surface area contributed by atoms with Crippen LogP contribution in [0, 0.1) is 0 Å². The summed E-state index contributed by atoms with van der Waals surface area (Å²) in [5.41, 5.74) is 7.42. The summed E-state index contributed by atoms with van der Waals surface area (Å²) in [5.74, 6) is 0.415. The number of hydrogen-bond donors (Lipinski definition) is 2. The van der Waals surface area contributed by atoms with Gasteiger partial charge in [-0.3, -0.25) is 14.5 Å². The van der Waals surface area contributed by atoms with E-state index in [1.807, 2.05) is 30.1 Å². The van der Waals surface area contributed by atoms with Crippen LogP contribution >= 0.6 is 0 Å². The van der Waals surface area contributed by atoms with Gasteiger partial charge >= 0.3 is 0 Å². The smallest absolute Gasteiger partial charge is 0.229 e. The molecule has 8 heteroatoms. The van der Waals surface area contributed by atoms with Gasteiger partial charge in [-0.2, -0.15) is 5.10 Å². The number of hydrogen-bond acceptors (Lipinski definition) is 6. The molecule has 1 aliphatic carbocycles. The minimum Gasteiger partial charge on any atom is -0.383 e. The Labute approximate surface area is 156 Å². The van der Waals surface area contributed by atoms with E-state index < -0.39 is 5.41 Å². The van der Waals surface area contributed by atoms with Crippen LogP contribution in [0.2, 0.25) is 0 Å². The average molecular weight is 366 g/mol. The van der Waals surface area contributed by atoms with Crippen LogP contribution in [0.25, 0.3) is 22.0 Å². The second-order valence-electron chi connectivity index (χ2n) is 6.79. The van der Waals surface area contributed by atoms with Crippen LogP contribution in [0.15, 0.2) is 30.7 Å². The highest BCUT2D eigenvalue weighted by Gasteiger charge is 2.51. The Morgan fingerprint density at radius 2 is 2.15 bits per heavy atom. The molecule has 0 saturated heterocycles. The third-order valence-electron chi connectivity index (χ3n) is 5.16. The summed E-state index contributed by atoms with van der Waals surface area (Å²) in [6, 6.07) is 3.91. The summed E-state index contributed by atoms with van der Waals surface area (Å²) in [6.07, 6.45) is 6.96. The van der Waals surface area contributed by atoms with Crippen molar-refractivity contribution in [2.75, 3.05) is 26.1 Å². The van der Waals surface area contributed by atoms with E-state index in [0.717, 1.165) is 46.4 Å². The number of carbonyl (C=O) groups is 1. The van der Waals surface area contributed by atoms with Crippen LogP contribution in [0.4, 0.5) is 5.82 Å². The number of anilines is 1. The lowest BCUT2D eigenvalue weighted by molar-refractivity contribution is -0.120. The van der Waals surface area contributed by atoms with E-state index in [-0.39, 0.29) is 5.91 Å². The van der Waals surface area contributed by atoms with Crippen molar-refractivity contribution in [3.05, 3.63) is 36.4 Å². The quantitative estimate of drug-likeness (QED) is 0.659. The maximum atomic E-state index is 11.9. The summed E-state index contributed by atoms with van der Waals surface area (Å²) in [4.78, 5) is 21.0. The molecule has 4 rings (SSSR count). The molecular formula is C19H22N6O2. The van der Waals surface area contributed by atoms with Crippen LogP contribution in [0.1, 0.15) is 18.5 Å². The van der Waals surface area contributed by atoms with E-state index in [9.17, 15) is 4.79 Å². The molecule has 1 amide bonds. The van der Waals surface area contributed by atoms with Crippen LogP contribution in [0.3, 0.4) is 0 Å². The van der Waals surface area contributed by atoms with Crippen molar-refractivity contribution in [1.29, 1.82) is 0 Å². The van der Waals surface area contributed by atoms with E-state index >= 15 is 0 Å². The SMILES string of the molecule is CNc1ncc(-c2ccn(CCOC)n2)c2cc(C3(C(N)=O)CC3)ncc12. The first-order valence-electron chi connectivity index (χ1n) is 8.89. The van der Waals surface area contributed by atoms with Crippen LogP contribution in [0.5, 0.6) is 0 Å². The molecule has 0 spiro atoms. The predicted octanol–water partition coefficient (Wildman–Crippen LogP) is 1.70. The lowest BCUT2D eigenvalue weighted by atomic mass is 9.97. The Morgan fingerprint density at radius 3 is 2.81 bits per heavy atom. The highest BCUT2D eigenvalue weighted by atomic mass is 16.5. The molecule has 27 heavy (non-hydrogen) atoms. The Bertz CT molecular complexity index is 1010. The third-order valence-corrected chi connectivity index (χ3v) is 5.16. The first kappa shape index (κ1) is 17.4. The molecule has 0 bridgehead atoms. The first-order chi connectivity index (χ1) is 13.1. The van der Waals surface area contributed by atoms with E-state index in [1.165, 1.54) is 0 Å². The largest absolute Gasteiger partial charge is 0.383 e. The zero-order valence-electron chi connectivity index (χ0n) is 15.4. The fourth-order valence-corrected chi connectivity index (χ4v) is 3.37. The number of rotatable bonds is 7. The summed E-state index contributed by atoms with van der Waals surface area (Å²) in [5, 5.41) is 9.55. The molecule has 3 aromatic heterocycles. The molecule has 0 atom stereocenters. The molecule has 1 aliphatic rings. The monoisotopic (exact) mass is 366 g/mol. The van der Waals surface area contributed by atoms with Gasteiger partial charge in [0.2, 0.25) is 5.91 Å². The van der Waals surface area contributed by atoms with Gasteiger partial charge in [0.1, 0.15) is 5.82 Å².